The lowest BCUT2D eigenvalue weighted by atomic mass is 9.73. The van der Waals surface area contributed by atoms with Crippen molar-refractivity contribution in [1.29, 1.82) is 0 Å². The van der Waals surface area contributed by atoms with Crippen molar-refractivity contribution in [3.8, 4) is 0 Å². The summed E-state index contributed by atoms with van der Waals surface area (Å²) in [7, 11) is 0. The van der Waals surface area contributed by atoms with Gasteiger partial charge in [0.05, 0.1) is 12.5 Å². The second kappa shape index (κ2) is 8.33. The van der Waals surface area contributed by atoms with E-state index in [4.69, 9.17) is 4.74 Å². The van der Waals surface area contributed by atoms with Crippen LogP contribution in [0.25, 0.3) is 0 Å². The first kappa shape index (κ1) is 23.7. The summed E-state index contributed by atoms with van der Waals surface area (Å²) in [6, 6.07) is 0. The lowest BCUT2D eigenvalue weighted by Crippen LogP contribution is -2.35. The second-order valence-electron chi connectivity index (χ2n) is 7.64. The van der Waals surface area contributed by atoms with E-state index in [-0.39, 0.29) is 34.7 Å². The Morgan fingerprint density at radius 1 is 1.14 bits per heavy atom. The van der Waals surface area contributed by atoms with Crippen LogP contribution in [0.3, 0.4) is 0 Å². The fourth-order valence-corrected chi connectivity index (χ4v) is 4.15. The van der Waals surface area contributed by atoms with Crippen LogP contribution in [0, 0.1) is 29.6 Å². The van der Waals surface area contributed by atoms with Crippen molar-refractivity contribution >= 4 is 5.97 Å². The number of esters is 1. The molecule has 2 bridgehead atoms. The van der Waals surface area contributed by atoms with Gasteiger partial charge in [0.15, 0.2) is 0 Å². The Hall–Kier alpha value is -0.570. The SMILES string of the molecule is C.C.C.CC1C2CC(C(O)CC(=O)OC(C)(C)C)C(C2)C1C. The van der Waals surface area contributed by atoms with Gasteiger partial charge in [-0.2, -0.15) is 0 Å². The molecule has 0 aliphatic heterocycles. The van der Waals surface area contributed by atoms with E-state index in [1.165, 1.54) is 6.42 Å². The molecule has 2 aliphatic carbocycles. The number of ether oxygens (including phenoxy) is 1. The molecule has 0 radical (unpaired) electrons. The zero-order chi connectivity index (χ0) is 14.4. The Labute approximate surface area is 138 Å². The molecule has 6 unspecified atom stereocenters. The average molecular weight is 317 g/mol. The third-order valence-corrected chi connectivity index (χ3v) is 5.24. The molecule has 3 heteroatoms. The zero-order valence-electron chi connectivity index (χ0n) is 12.8. The Bertz CT molecular complexity index is 343. The predicted octanol–water partition coefficient (Wildman–Crippen LogP) is 4.92. The van der Waals surface area contributed by atoms with Gasteiger partial charge in [0.2, 0.25) is 0 Å². The second-order valence-corrected chi connectivity index (χ2v) is 7.64. The monoisotopic (exact) mass is 316 g/mol. The quantitative estimate of drug-likeness (QED) is 0.752. The summed E-state index contributed by atoms with van der Waals surface area (Å²) < 4.78 is 5.30. The molecule has 0 aromatic rings. The molecule has 0 aromatic heterocycles. The lowest BCUT2D eigenvalue weighted by Gasteiger charge is -2.34. The highest BCUT2D eigenvalue weighted by Gasteiger charge is 2.50. The summed E-state index contributed by atoms with van der Waals surface area (Å²) in [4.78, 5) is 11.8. The minimum absolute atomic E-state index is 0. The molecule has 1 N–H and O–H groups in total. The maximum atomic E-state index is 11.8. The van der Waals surface area contributed by atoms with Gasteiger partial charge in [-0.3, -0.25) is 4.79 Å². The third kappa shape index (κ3) is 4.97. The van der Waals surface area contributed by atoms with E-state index in [9.17, 15) is 9.90 Å². The zero-order valence-corrected chi connectivity index (χ0v) is 12.8. The van der Waals surface area contributed by atoms with Crippen LogP contribution in [-0.4, -0.2) is 22.8 Å². The number of carbonyl (C=O) groups excluding carboxylic acids is 1. The maximum Gasteiger partial charge on any atom is 0.308 e. The summed E-state index contributed by atoms with van der Waals surface area (Å²) in [6.07, 6.45) is 1.94. The number of carbonyl (C=O) groups is 1. The fraction of sp³-hybridized carbons (Fsp3) is 0.947. The van der Waals surface area contributed by atoms with Gasteiger partial charge in [-0.25, -0.2) is 0 Å². The Morgan fingerprint density at radius 3 is 2.09 bits per heavy atom. The largest absolute Gasteiger partial charge is 0.460 e. The summed E-state index contributed by atoms with van der Waals surface area (Å²) in [6.45, 7) is 10.2. The van der Waals surface area contributed by atoms with Crippen molar-refractivity contribution in [3.05, 3.63) is 0 Å². The van der Waals surface area contributed by atoms with E-state index in [2.05, 4.69) is 13.8 Å². The van der Waals surface area contributed by atoms with Gasteiger partial charge in [-0.1, -0.05) is 36.1 Å². The Kier molecular flexibility index (Phi) is 8.97. The standard InChI is InChI=1S/C16H28O3.3CH4/c1-9-10(2)12-6-11(9)7-13(12)14(17)8-15(18)19-16(3,4)5;;;/h9-14,17H,6-8H2,1-5H3;3*1H4. The van der Waals surface area contributed by atoms with E-state index in [1.54, 1.807) is 0 Å². The number of hydrogen-bond donors (Lipinski definition) is 1. The van der Waals surface area contributed by atoms with Gasteiger partial charge in [-0.05, 0) is 63.2 Å². The molecule has 22 heavy (non-hydrogen) atoms. The summed E-state index contributed by atoms with van der Waals surface area (Å²) in [5.74, 6) is 2.81. The van der Waals surface area contributed by atoms with Crippen LogP contribution in [0.4, 0.5) is 0 Å². The molecule has 3 nitrogen and oxygen atoms in total. The molecule has 0 spiro atoms. The fourth-order valence-electron chi connectivity index (χ4n) is 4.15. The van der Waals surface area contributed by atoms with Crippen molar-refractivity contribution in [2.45, 2.75) is 87.9 Å². The molecule has 134 valence electrons. The van der Waals surface area contributed by atoms with E-state index in [0.717, 1.165) is 18.3 Å². The van der Waals surface area contributed by atoms with Crippen molar-refractivity contribution in [2.75, 3.05) is 0 Å². The molecule has 6 atom stereocenters. The first-order chi connectivity index (χ1) is 8.69. The number of fused-ring (bicyclic) bond motifs is 2. The molecule has 2 aliphatic rings. The Morgan fingerprint density at radius 2 is 1.68 bits per heavy atom. The van der Waals surface area contributed by atoms with E-state index < -0.39 is 11.7 Å². The van der Waals surface area contributed by atoms with Gasteiger partial charge in [0.1, 0.15) is 5.60 Å². The Balaban J connectivity index is 0. The van der Waals surface area contributed by atoms with Crippen molar-refractivity contribution in [3.63, 3.8) is 0 Å². The van der Waals surface area contributed by atoms with Crippen LogP contribution in [0.1, 0.15) is 76.2 Å². The smallest absolute Gasteiger partial charge is 0.308 e. The average Bonchev–Trinajstić information content (AvgIpc) is 2.77. The van der Waals surface area contributed by atoms with Crippen LogP contribution in [0.2, 0.25) is 0 Å². The normalized spacial score (nSPS) is 34.0. The minimum atomic E-state index is -0.528. The minimum Gasteiger partial charge on any atom is -0.460 e. The van der Waals surface area contributed by atoms with Crippen LogP contribution >= 0.6 is 0 Å². The molecule has 0 heterocycles. The number of hydrogen-bond acceptors (Lipinski definition) is 3. The number of aliphatic hydroxyl groups excluding tert-OH is 1. The molecular formula is C19H40O3. The molecular weight excluding hydrogens is 276 g/mol. The summed E-state index contributed by atoms with van der Waals surface area (Å²) in [5.41, 5.74) is -0.465. The van der Waals surface area contributed by atoms with Crippen LogP contribution in [0.5, 0.6) is 0 Å². The topological polar surface area (TPSA) is 46.5 Å². The molecule has 2 rings (SSSR count). The van der Waals surface area contributed by atoms with Gasteiger partial charge in [-0.15, -0.1) is 0 Å². The number of rotatable bonds is 3. The highest BCUT2D eigenvalue weighted by molar-refractivity contribution is 5.70. The van der Waals surface area contributed by atoms with Gasteiger partial charge in [0, 0.05) is 0 Å². The third-order valence-electron chi connectivity index (χ3n) is 5.24. The van der Waals surface area contributed by atoms with Crippen LogP contribution in [-0.2, 0) is 9.53 Å². The number of aliphatic hydroxyl groups is 1. The first-order valence-electron chi connectivity index (χ1n) is 7.59. The first-order valence-corrected chi connectivity index (χ1v) is 7.59. The molecule has 0 amide bonds. The van der Waals surface area contributed by atoms with Gasteiger partial charge >= 0.3 is 5.97 Å². The predicted molar refractivity (Wildman–Crippen MR) is 94.7 cm³/mol. The van der Waals surface area contributed by atoms with E-state index >= 15 is 0 Å². The van der Waals surface area contributed by atoms with Gasteiger partial charge < -0.3 is 9.84 Å². The van der Waals surface area contributed by atoms with Crippen molar-refractivity contribution in [1.82, 2.24) is 0 Å². The summed E-state index contributed by atoms with van der Waals surface area (Å²) in [5, 5.41) is 10.3. The maximum absolute atomic E-state index is 11.8. The highest BCUT2D eigenvalue weighted by Crippen LogP contribution is 2.56. The molecule has 2 fully saturated rings. The van der Waals surface area contributed by atoms with E-state index in [0.29, 0.717) is 17.8 Å². The lowest BCUT2D eigenvalue weighted by molar-refractivity contribution is -0.158. The van der Waals surface area contributed by atoms with Crippen LogP contribution < -0.4 is 0 Å². The van der Waals surface area contributed by atoms with Crippen molar-refractivity contribution in [2.24, 2.45) is 29.6 Å². The van der Waals surface area contributed by atoms with Crippen molar-refractivity contribution < 1.29 is 14.6 Å². The molecule has 0 aromatic carbocycles. The molecule has 2 saturated carbocycles. The highest BCUT2D eigenvalue weighted by atomic mass is 16.6. The van der Waals surface area contributed by atoms with Crippen LogP contribution in [0.15, 0.2) is 0 Å². The summed E-state index contributed by atoms with van der Waals surface area (Å²) >= 11 is 0. The van der Waals surface area contributed by atoms with E-state index in [1.807, 2.05) is 20.8 Å². The van der Waals surface area contributed by atoms with Gasteiger partial charge in [0.25, 0.3) is 0 Å². The molecule has 0 saturated heterocycles.